The molecule has 2 atom stereocenters. The summed E-state index contributed by atoms with van der Waals surface area (Å²) in [7, 11) is 0. The van der Waals surface area contributed by atoms with Gasteiger partial charge >= 0.3 is 6.09 Å². The van der Waals surface area contributed by atoms with Crippen molar-refractivity contribution in [3.8, 4) is 0 Å². The highest BCUT2D eigenvalue weighted by atomic mass is 32.2. The van der Waals surface area contributed by atoms with Crippen molar-refractivity contribution < 1.29 is 9.53 Å². The van der Waals surface area contributed by atoms with Gasteiger partial charge in [0.15, 0.2) is 0 Å². The number of hydrogen-bond donors (Lipinski definition) is 1. The molecule has 1 aliphatic rings. The summed E-state index contributed by atoms with van der Waals surface area (Å²) in [6.45, 7) is 10.3. The third-order valence-corrected chi connectivity index (χ3v) is 8.17. The van der Waals surface area contributed by atoms with Gasteiger partial charge in [0.1, 0.15) is 5.60 Å². The summed E-state index contributed by atoms with van der Waals surface area (Å²) in [5.41, 5.74) is 4.37. The Morgan fingerprint density at radius 1 is 1.16 bits per heavy atom. The summed E-state index contributed by atoms with van der Waals surface area (Å²) >= 11 is 1.94. The number of unbranched alkanes of at least 4 members (excludes halogenated alkanes) is 1. The lowest BCUT2D eigenvalue weighted by Crippen LogP contribution is -2.35. The first-order chi connectivity index (χ1) is 17.8. The van der Waals surface area contributed by atoms with E-state index in [1.165, 1.54) is 53.0 Å². The second-order valence-corrected chi connectivity index (χ2v) is 12.3. The Labute approximate surface area is 229 Å². The van der Waals surface area contributed by atoms with Crippen LogP contribution in [0, 0.1) is 5.92 Å². The Hall–Kier alpha value is -2.27. The molecule has 1 amide bonds. The summed E-state index contributed by atoms with van der Waals surface area (Å²) in [6.07, 6.45) is 13.9. The molecule has 2 aromatic rings. The molecule has 1 aliphatic carbocycles. The van der Waals surface area contributed by atoms with Crippen LogP contribution in [0.25, 0.3) is 5.57 Å². The second kappa shape index (κ2) is 14.6. The number of rotatable bonds is 9. The van der Waals surface area contributed by atoms with Gasteiger partial charge in [0.2, 0.25) is 0 Å². The second-order valence-electron chi connectivity index (χ2n) is 11.2. The van der Waals surface area contributed by atoms with Gasteiger partial charge in [-0.25, -0.2) is 4.79 Å². The number of hydrogen-bond acceptors (Lipinski definition) is 4. The van der Waals surface area contributed by atoms with E-state index in [0.717, 1.165) is 43.7 Å². The van der Waals surface area contributed by atoms with Gasteiger partial charge in [0.25, 0.3) is 0 Å². The van der Waals surface area contributed by atoms with Gasteiger partial charge in [-0.05, 0) is 94.0 Å². The summed E-state index contributed by atoms with van der Waals surface area (Å²) in [6, 6.07) is 12.8. The molecule has 4 nitrogen and oxygen atoms in total. The highest BCUT2D eigenvalue weighted by Gasteiger charge is 2.22. The van der Waals surface area contributed by atoms with Gasteiger partial charge in [-0.3, -0.25) is 4.98 Å². The van der Waals surface area contributed by atoms with Crippen LogP contribution in [-0.4, -0.2) is 22.4 Å². The number of carbonyl (C=O) groups is 1. The molecule has 1 aromatic carbocycles. The number of aromatic nitrogens is 1. The van der Waals surface area contributed by atoms with Crippen LogP contribution in [0.1, 0.15) is 109 Å². The van der Waals surface area contributed by atoms with E-state index in [9.17, 15) is 4.79 Å². The number of aryl methyl sites for hydroxylation is 1. The normalized spacial score (nSPS) is 18.7. The van der Waals surface area contributed by atoms with Crippen molar-refractivity contribution in [2.45, 2.75) is 109 Å². The van der Waals surface area contributed by atoms with Crippen LogP contribution in [0.4, 0.5) is 4.79 Å². The number of allylic oxidation sites excluding steroid dienone is 2. The Morgan fingerprint density at radius 3 is 2.68 bits per heavy atom. The van der Waals surface area contributed by atoms with Gasteiger partial charge in [0, 0.05) is 16.8 Å². The van der Waals surface area contributed by atoms with Crippen molar-refractivity contribution in [1.82, 2.24) is 10.3 Å². The number of alkyl carbamates (subject to hydrolysis) is 1. The number of ether oxygens (including phenoxy) is 1. The fourth-order valence-electron chi connectivity index (χ4n) is 4.85. The number of amides is 1. The number of benzene rings is 1. The van der Waals surface area contributed by atoms with E-state index in [-0.39, 0.29) is 12.1 Å². The molecule has 1 unspecified atom stereocenters. The van der Waals surface area contributed by atoms with Gasteiger partial charge in [-0.2, -0.15) is 0 Å². The maximum absolute atomic E-state index is 12.6. The van der Waals surface area contributed by atoms with E-state index >= 15 is 0 Å². The highest BCUT2D eigenvalue weighted by Crippen LogP contribution is 2.31. The molecule has 0 saturated carbocycles. The van der Waals surface area contributed by atoms with Crippen LogP contribution >= 0.6 is 11.8 Å². The van der Waals surface area contributed by atoms with Crippen LogP contribution in [0.2, 0.25) is 0 Å². The van der Waals surface area contributed by atoms with Crippen molar-refractivity contribution in [3.63, 3.8) is 0 Å². The number of carbonyl (C=O) groups excluding carboxylic acids is 1. The maximum Gasteiger partial charge on any atom is 0.408 e. The molecule has 0 aliphatic heterocycles. The minimum absolute atomic E-state index is 0.0763. The Kier molecular flexibility index (Phi) is 11.6. The van der Waals surface area contributed by atoms with Crippen molar-refractivity contribution in [2.75, 3.05) is 5.75 Å². The number of nitrogens with one attached hydrogen (secondary N) is 1. The molecular weight excluding hydrogens is 476 g/mol. The first-order valence-corrected chi connectivity index (χ1v) is 15.1. The van der Waals surface area contributed by atoms with Crippen molar-refractivity contribution in [3.05, 3.63) is 65.5 Å². The fraction of sp³-hybridized carbons (Fsp3) is 0.562. The summed E-state index contributed by atoms with van der Waals surface area (Å²) < 4.78 is 5.57. The minimum atomic E-state index is -0.518. The number of pyridine rings is 1. The highest BCUT2D eigenvalue weighted by molar-refractivity contribution is 7.99. The molecule has 0 radical (unpaired) electrons. The molecular formula is C32H46N2O2S. The first-order valence-electron chi connectivity index (χ1n) is 14.1. The van der Waals surface area contributed by atoms with Gasteiger partial charge in [-0.1, -0.05) is 63.5 Å². The lowest BCUT2D eigenvalue weighted by atomic mass is 9.90. The lowest BCUT2D eigenvalue weighted by Gasteiger charge is -2.26. The maximum atomic E-state index is 12.6. The topological polar surface area (TPSA) is 51.2 Å². The lowest BCUT2D eigenvalue weighted by molar-refractivity contribution is 0.0501. The smallest absolute Gasteiger partial charge is 0.408 e. The van der Waals surface area contributed by atoms with Crippen LogP contribution in [-0.2, 0) is 11.2 Å². The summed E-state index contributed by atoms with van der Waals surface area (Å²) in [4.78, 5) is 18.7. The van der Waals surface area contributed by atoms with Crippen molar-refractivity contribution >= 4 is 23.4 Å². The minimum Gasteiger partial charge on any atom is -0.444 e. The van der Waals surface area contributed by atoms with E-state index in [1.54, 1.807) is 0 Å². The van der Waals surface area contributed by atoms with E-state index in [0.29, 0.717) is 0 Å². The summed E-state index contributed by atoms with van der Waals surface area (Å²) in [5.74, 6) is 1.96. The van der Waals surface area contributed by atoms with Gasteiger partial charge < -0.3 is 10.1 Å². The molecule has 202 valence electrons. The quantitative estimate of drug-likeness (QED) is 0.334. The SMILES string of the molecule is CCCCC(CC)CSc1ccc(/C2=C/CC[C@H](NC(=O)OC(C)(C)C)c3ccccc3CCC2)nc1. The molecule has 1 heterocycles. The third-order valence-electron chi connectivity index (χ3n) is 6.95. The monoisotopic (exact) mass is 522 g/mol. The number of fused-ring (bicyclic) bond motifs is 1. The van der Waals surface area contributed by atoms with Crippen LogP contribution in [0.15, 0.2) is 53.6 Å². The molecule has 3 rings (SSSR count). The Balaban J connectivity index is 1.69. The fourth-order valence-corrected chi connectivity index (χ4v) is 5.98. The molecule has 1 N–H and O–H groups in total. The zero-order chi connectivity index (χ0) is 26.7. The number of nitrogens with zero attached hydrogens (tertiary/aromatic N) is 1. The van der Waals surface area contributed by atoms with E-state index in [2.05, 4.69) is 67.8 Å². The average Bonchev–Trinajstić information content (AvgIpc) is 2.87. The van der Waals surface area contributed by atoms with Gasteiger partial charge in [0.05, 0.1) is 11.7 Å². The van der Waals surface area contributed by atoms with Gasteiger partial charge in [-0.15, -0.1) is 11.8 Å². The molecule has 1 aromatic heterocycles. The Bertz CT molecular complexity index is 1010. The van der Waals surface area contributed by atoms with Crippen molar-refractivity contribution in [1.29, 1.82) is 0 Å². The van der Waals surface area contributed by atoms with E-state index < -0.39 is 5.60 Å². The van der Waals surface area contributed by atoms with Crippen LogP contribution in [0.5, 0.6) is 0 Å². The molecule has 5 heteroatoms. The predicted molar refractivity (Wildman–Crippen MR) is 157 cm³/mol. The van der Waals surface area contributed by atoms with Crippen LogP contribution < -0.4 is 5.32 Å². The van der Waals surface area contributed by atoms with Crippen LogP contribution in [0.3, 0.4) is 0 Å². The third kappa shape index (κ3) is 9.85. The predicted octanol–water partition coefficient (Wildman–Crippen LogP) is 9.16. The zero-order valence-corrected chi connectivity index (χ0v) is 24.3. The average molecular weight is 523 g/mol. The molecule has 0 bridgehead atoms. The molecule has 0 fully saturated rings. The van der Waals surface area contributed by atoms with E-state index in [1.807, 2.05) is 32.5 Å². The molecule has 37 heavy (non-hydrogen) atoms. The Morgan fingerprint density at radius 2 is 1.97 bits per heavy atom. The molecule has 0 saturated heterocycles. The van der Waals surface area contributed by atoms with Crippen molar-refractivity contribution in [2.24, 2.45) is 5.92 Å². The zero-order valence-electron chi connectivity index (χ0n) is 23.5. The van der Waals surface area contributed by atoms with E-state index in [4.69, 9.17) is 9.72 Å². The first kappa shape index (κ1) is 29.3. The number of thioether (sulfide) groups is 1. The largest absolute Gasteiger partial charge is 0.444 e. The summed E-state index contributed by atoms with van der Waals surface area (Å²) in [5, 5.41) is 3.14. The standard InChI is InChI=1S/C32H46N2O2S/c1-6-8-13-24(7-2)23-37-27-20-21-29(33-22-27)26-16-11-15-25-14-9-10-18-28(25)30(19-12-17-26)34-31(35)36-32(3,4)5/h9-10,14,17-18,20-22,24,30H,6-8,11-13,15-16,19,23H2,1-5H3,(H,34,35)/b26-17+/t24?,30-/m0/s1. The molecule has 0 spiro atoms.